The van der Waals surface area contributed by atoms with E-state index in [0.29, 0.717) is 18.6 Å². The monoisotopic (exact) mass is 437 g/mol. The molecule has 0 spiro atoms. The fourth-order valence-corrected chi connectivity index (χ4v) is 3.71. The number of ketones is 1. The third-order valence-corrected chi connectivity index (χ3v) is 5.49. The Kier molecular flexibility index (Phi) is 5.46. The molecule has 0 bridgehead atoms. The zero-order chi connectivity index (χ0) is 23.0. The van der Waals surface area contributed by atoms with E-state index in [2.05, 4.69) is 15.5 Å². The third kappa shape index (κ3) is 3.95. The molecule has 6 nitrogen and oxygen atoms in total. The normalized spacial score (nSPS) is 17.6. The van der Waals surface area contributed by atoms with Crippen LogP contribution in [-0.2, 0) is 9.63 Å². The summed E-state index contributed by atoms with van der Waals surface area (Å²) < 4.78 is 27.6. The highest BCUT2D eigenvalue weighted by Gasteiger charge is 2.41. The lowest BCUT2D eigenvalue weighted by Crippen LogP contribution is -2.33. The lowest BCUT2D eigenvalue weighted by atomic mass is 9.85. The molecule has 4 rings (SSSR count). The molecule has 8 heteroatoms. The molecule has 1 aliphatic heterocycles. The van der Waals surface area contributed by atoms with Crippen LogP contribution >= 0.6 is 0 Å². The molecular weight excluding hydrogens is 416 g/mol. The molecule has 1 N–H and O–H groups in total. The van der Waals surface area contributed by atoms with Gasteiger partial charge in [-0.3, -0.25) is 9.59 Å². The molecular formula is C24H21F2N3O3. The van der Waals surface area contributed by atoms with E-state index >= 15 is 0 Å². The lowest BCUT2D eigenvalue weighted by Gasteiger charge is -2.19. The maximum atomic E-state index is 13.8. The first kappa shape index (κ1) is 21.5. The van der Waals surface area contributed by atoms with Gasteiger partial charge >= 0.3 is 0 Å². The van der Waals surface area contributed by atoms with E-state index in [-0.39, 0.29) is 11.6 Å². The quantitative estimate of drug-likeness (QED) is 0.742. The number of benzene rings is 1. The summed E-state index contributed by atoms with van der Waals surface area (Å²) in [5, 5.41) is 6.38. The van der Waals surface area contributed by atoms with Gasteiger partial charge in [0.05, 0.1) is 0 Å². The number of rotatable bonds is 4. The number of halogens is 2. The average Bonchev–Trinajstić information content (AvgIpc) is 3.01. The standard InChI is InChI=1S/C24H21F2N3O3/c1-13-11-14(21-22(30)24(2,3)32-29-21)7-9-16(13)15-8-10-19(27-12-15)28-23(31)20-17(25)5-4-6-18(20)26/h4-6,8,10-12H,7,9H2,1-3H3,(H,27,28,31). The van der Waals surface area contributed by atoms with E-state index in [9.17, 15) is 18.4 Å². The summed E-state index contributed by atoms with van der Waals surface area (Å²) >= 11 is 0. The highest BCUT2D eigenvalue weighted by Crippen LogP contribution is 2.34. The van der Waals surface area contributed by atoms with Crippen LogP contribution in [0.5, 0.6) is 0 Å². The maximum Gasteiger partial charge on any atom is 0.262 e. The van der Waals surface area contributed by atoms with Gasteiger partial charge in [0.1, 0.15) is 23.0 Å². The number of nitrogens with zero attached hydrogens (tertiary/aromatic N) is 2. The lowest BCUT2D eigenvalue weighted by molar-refractivity contribution is -0.128. The van der Waals surface area contributed by atoms with Crippen LogP contribution < -0.4 is 5.32 Å². The summed E-state index contributed by atoms with van der Waals surface area (Å²) in [4.78, 5) is 34.1. The van der Waals surface area contributed by atoms with E-state index in [0.717, 1.165) is 34.4 Å². The summed E-state index contributed by atoms with van der Waals surface area (Å²) in [5.74, 6) is -2.74. The van der Waals surface area contributed by atoms with Gasteiger partial charge in [-0.25, -0.2) is 13.8 Å². The van der Waals surface area contributed by atoms with Crippen LogP contribution in [0.2, 0.25) is 0 Å². The van der Waals surface area contributed by atoms with E-state index < -0.39 is 28.7 Å². The number of allylic oxidation sites excluding steroid dienone is 4. The molecule has 1 amide bonds. The highest BCUT2D eigenvalue weighted by atomic mass is 19.1. The number of carbonyl (C=O) groups excluding carboxylic acids is 2. The fourth-order valence-electron chi connectivity index (χ4n) is 3.71. The Labute approximate surface area is 183 Å². The zero-order valence-corrected chi connectivity index (χ0v) is 17.8. The largest absolute Gasteiger partial charge is 0.381 e. The Hall–Kier alpha value is -3.68. The van der Waals surface area contributed by atoms with Crippen LogP contribution in [-0.4, -0.2) is 28.0 Å². The minimum atomic E-state index is -0.941. The number of Topliss-reactive ketones (excluding diaryl/α,β-unsaturated/α-hetero) is 1. The van der Waals surface area contributed by atoms with Gasteiger partial charge in [-0.15, -0.1) is 0 Å². The van der Waals surface area contributed by atoms with Crippen LogP contribution in [0.25, 0.3) is 5.57 Å². The van der Waals surface area contributed by atoms with E-state index in [4.69, 9.17) is 4.84 Å². The molecule has 0 saturated carbocycles. The third-order valence-electron chi connectivity index (χ3n) is 5.49. The molecule has 1 aromatic carbocycles. The molecule has 0 saturated heterocycles. The van der Waals surface area contributed by atoms with Crippen molar-refractivity contribution in [1.82, 2.24) is 4.98 Å². The smallest absolute Gasteiger partial charge is 0.262 e. The van der Waals surface area contributed by atoms with E-state index in [1.807, 2.05) is 13.0 Å². The van der Waals surface area contributed by atoms with Crippen molar-refractivity contribution in [3.8, 4) is 0 Å². The molecule has 1 aliphatic carbocycles. The van der Waals surface area contributed by atoms with Crippen molar-refractivity contribution in [2.75, 3.05) is 5.32 Å². The Bertz CT molecular complexity index is 1190. The van der Waals surface area contributed by atoms with E-state index in [1.165, 1.54) is 6.07 Å². The minimum absolute atomic E-state index is 0.131. The summed E-state index contributed by atoms with van der Waals surface area (Å²) in [5.41, 5.74) is 2.48. The van der Waals surface area contributed by atoms with Crippen LogP contribution in [0.3, 0.4) is 0 Å². The van der Waals surface area contributed by atoms with Crippen molar-refractivity contribution >= 4 is 28.8 Å². The number of oxime groups is 1. The maximum absolute atomic E-state index is 13.8. The Morgan fingerprint density at radius 3 is 2.41 bits per heavy atom. The van der Waals surface area contributed by atoms with Gasteiger partial charge in [0.25, 0.3) is 5.91 Å². The van der Waals surface area contributed by atoms with Crippen molar-refractivity contribution in [3.05, 3.63) is 76.5 Å². The summed E-state index contributed by atoms with van der Waals surface area (Å²) in [6, 6.07) is 6.59. The predicted molar refractivity (Wildman–Crippen MR) is 116 cm³/mol. The number of amides is 1. The van der Waals surface area contributed by atoms with Crippen molar-refractivity contribution in [3.63, 3.8) is 0 Å². The average molecular weight is 437 g/mol. The van der Waals surface area contributed by atoms with Crippen LogP contribution in [0.1, 0.15) is 49.5 Å². The van der Waals surface area contributed by atoms with Gasteiger partial charge < -0.3 is 10.2 Å². The van der Waals surface area contributed by atoms with E-state index in [1.54, 1.807) is 32.2 Å². The highest BCUT2D eigenvalue weighted by molar-refractivity contribution is 6.49. The van der Waals surface area contributed by atoms with Gasteiger partial charge in [-0.05, 0) is 80.2 Å². The Balaban J connectivity index is 1.52. The molecule has 1 aromatic heterocycles. The van der Waals surface area contributed by atoms with Crippen molar-refractivity contribution in [1.29, 1.82) is 0 Å². The molecule has 164 valence electrons. The summed E-state index contributed by atoms with van der Waals surface area (Å²) in [6.07, 6.45) is 4.83. The predicted octanol–water partition coefficient (Wildman–Crippen LogP) is 4.84. The first-order valence-electron chi connectivity index (χ1n) is 10.1. The van der Waals surface area contributed by atoms with Crippen LogP contribution in [0, 0.1) is 11.6 Å². The number of pyridine rings is 1. The minimum Gasteiger partial charge on any atom is -0.381 e. The van der Waals surface area contributed by atoms with Gasteiger partial charge in [0.2, 0.25) is 5.78 Å². The number of aromatic nitrogens is 1. The number of anilines is 1. The molecule has 0 fully saturated rings. The molecule has 2 aromatic rings. The number of carbonyl (C=O) groups is 2. The fraction of sp³-hybridized carbons (Fsp3) is 0.250. The molecule has 2 aliphatic rings. The van der Waals surface area contributed by atoms with Crippen LogP contribution in [0.15, 0.2) is 58.9 Å². The summed E-state index contributed by atoms with van der Waals surface area (Å²) in [6.45, 7) is 5.32. The first-order valence-corrected chi connectivity index (χ1v) is 10.1. The first-order chi connectivity index (χ1) is 15.2. The number of hydrogen-bond donors (Lipinski definition) is 1. The van der Waals surface area contributed by atoms with Gasteiger partial charge in [0.15, 0.2) is 11.3 Å². The molecule has 2 heterocycles. The Morgan fingerprint density at radius 2 is 1.84 bits per heavy atom. The molecule has 0 radical (unpaired) electrons. The van der Waals surface area contributed by atoms with Crippen LogP contribution in [0.4, 0.5) is 14.6 Å². The second-order valence-electron chi connectivity index (χ2n) is 8.18. The Morgan fingerprint density at radius 1 is 1.12 bits per heavy atom. The molecule has 32 heavy (non-hydrogen) atoms. The second kappa shape index (κ2) is 8.11. The number of hydrogen-bond acceptors (Lipinski definition) is 5. The van der Waals surface area contributed by atoms with Crippen molar-refractivity contribution < 1.29 is 23.2 Å². The van der Waals surface area contributed by atoms with Crippen molar-refractivity contribution in [2.45, 2.75) is 39.2 Å². The topological polar surface area (TPSA) is 80.7 Å². The summed E-state index contributed by atoms with van der Waals surface area (Å²) in [7, 11) is 0. The molecule has 0 atom stereocenters. The van der Waals surface area contributed by atoms with Gasteiger partial charge in [-0.1, -0.05) is 17.3 Å². The van der Waals surface area contributed by atoms with Crippen molar-refractivity contribution in [2.24, 2.45) is 5.16 Å². The zero-order valence-electron chi connectivity index (χ0n) is 17.8. The van der Waals surface area contributed by atoms with Gasteiger partial charge in [0, 0.05) is 6.20 Å². The second-order valence-corrected chi connectivity index (χ2v) is 8.18. The SMILES string of the molecule is CC1=C(c2ccc(NC(=O)c3c(F)cccc3F)nc2)CCC(C2=NOC(C)(C)C2=O)=C1. The van der Waals surface area contributed by atoms with Gasteiger partial charge in [-0.2, -0.15) is 0 Å². The number of nitrogens with one attached hydrogen (secondary N) is 1. The molecule has 0 unspecified atom stereocenters.